The number of anilines is 2. The minimum absolute atomic E-state index is 0.0972. The van der Waals surface area contributed by atoms with Crippen molar-refractivity contribution in [3.8, 4) is 0 Å². The van der Waals surface area contributed by atoms with Gasteiger partial charge < -0.3 is 15.5 Å². The molecule has 152 valence electrons. The van der Waals surface area contributed by atoms with E-state index >= 15 is 0 Å². The van der Waals surface area contributed by atoms with Crippen LogP contribution in [0.25, 0.3) is 0 Å². The first-order chi connectivity index (χ1) is 13.9. The van der Waals surface area contributed by atoms with Gasteiger partial charge in [-0.1, -0.05) is 38.1 Å². The molecule has 7 heteroatoms. The van der Waals surface area contributed by atoms with E-state index in [1.165, 1.54) is 0 Å². The molecule has 1 saturated heterocycles. The lowest BCUT2D eigenvalue weighted by Crippen LogP contribution is -2.30. The normalized spacial score (nSPS) is 16.2. The van der Waals surface area contributed by atoms with Crippen LogP contribution in [0.1, 0.15) is 30.6 Å². The summed E-state index contributed by atoms with van der Waals surface area (Å²) < 4.78 is 0.807. The number of hydrogen-bond donors (Lipinski definition) is 2. The van der Waals surface area contributed by atoms with Gasteiger partial charge >= 0.3 is 0 Å². The maximum Gasteiger partial charge on any atom is 0.253 e. The van der Waals surface area contributed by atoms with E-state index in [4.69, 9.17) is 0 Å². The van der Waals surface area contributed by atoms with Crippen LogP contribution >= 0.6 is 15.9 Å². The molecular formula is C22H24BrN3O3. The lowest BCUT2D eigenvalue weighted by Gasteiger charge is -2.18. The number of nitrogens with one attached hydrogen (secondary N) is 2. The number of para-hydroxylation sites is 2. The Morgan fingerprint density at radius 2 is 1.83 bits per heavy atom. The molecule has 0 radical (unpaired) electrons. The number of amides is 3. The lowest BCUT2D eigenvalue weighted by molar-refractivity contribution is -0.122. The van der Waals surface area contributed by atoms with Gasteiger partial charge in [0.25, 0.3) is 5.91 Å². The summed E-state index contributed by atoms with van der Waals surface area (Å²) in [7, 11) is 0. The Morgan fingerprint density at radius 1 is 1.14 bits per heavy atom. The molecule has 0 saturated carbocycles. The molecule has 3 rings (SSSR count). The smallest absolute Gasteiger partial charge is 0.253 e. The topological polar surface area (TPSA) is 78.5 Å². The number of hydrogen-bond acceptors (Lipinski definition) is 3. The molecule has 1 aliphatic heterocycles. The highest BCUT2D eigenvalue weighted by atomic mass is 79.9. The van der Waals surface area contributed by atoms with Gasteiger partial charge in [-0.2, -0.15) is 0 Å². The molecule has 1 unspecified atom stereocenters. The van der Waals surface area contributed by atoms with Crippen LogP contribution in [0.4, 0.5) is 11.4 Å². The molecule has 2 aromatic rings. The van der Waals surface area contributed by atoms with Crippen molar-refractivity contribution in [2.45, 2.75) is 20.3 Å². The fraction of sp³-hybridized carbons (Fsp3) is 0.318. The zero-order valence-electron chi connectivity index (χ0n) is 16.4. The van der Waals surface area contributed by atoms with Crippen molar-refractivity contribution in [3.05, 3.63) is 58.6 Å². The van der Waals surface area contributed by atoms with E-state index < -0.39 is 5.92 Å². The van der Waals surface area contributed by atoms with Crippen molar-refractivity contribution in [1.29, 1.82) is 0 Å². The molecule has 0 aromatic heterocycles. The van der Waals surface area contributed by atoms with Crippen LogP contribution < -0.4 is 15.5 Å². The SMILES string of the molecule is CC(C)CNC(=O)c1ccccc1NC(=O)C1CC(=O)N(c2ccccc2Br)C1. The van der Waals surface area contributed by atoms with Crippen LogP contribution in [0.5, 0.6) is 0 Å². The Kier molecular flexibility index (Phi) is 6.69. The van der Waals surface area contributed by atoms with Crippen molar-refractivity contribution in [2.24, 2.45) is 11.8 Å². The molecule has 2 aromatic carbocycles. The summed E-state index contributed by atoms with van der Waals surface area (Å²) in [5, 5.41) is 5.70. The fourth-order valence-electron chi connectivity index (χ4n) is 3.20. The molecular weight excluding hydrogens is 434 g/mol. The van der Waals surface area contributed by atoms with E-state index in [9.17, 15) is 14.4 Å². The Hall–Kier alpha value is -2.67. The van der Waals surface area contributed by atoms with E-state index in [2.05, 4.69) is 26.6 Å². The Labute approximate surface area is 178 Å². The maximum absolute atomic E-state index is 12.8. The second-order valence-electron chi connectivity index (χ2n) is 7.50. The van der Waals surface area contributed by atoms with Gasteiger partial charge in [0.15, 0.2) is 0 Å². The van der Waals surface area contributed by atoms with Gasteiger partial charge in [-0.25, -0.2) is 0 Å². The Morgan fingerprint density at radius 3 is 2.55 bits per heavy atom. The monoisotopic (exact) mass is 457 g/mol. The zero-order valence-corrected chi connectivity index (χ0v) is 18.0. The zero-order chi connectivity index (χ0) is 21.0. The van der Waals surface area contributed by atoms with Crippen LogP contribution in [-0.2, 0) is 9.59 Å². The molecule has 0 spiro atoms. The predicted molar refractivity (Wildman–Crippen MR) is 117 cm³/mol. The highest BCUT2D eigenvalue weighted by Crippen LogP contribution is 2.31. The third-order valence-electron chi connectivity index (χ3n) is 4.74. The average Bonchev–Trinajstić information content (AvgIpc) is 3.08. The van der Waals surface area contributed by atoms with Gasteiger partial charge in [0.1, 0.15) is 0 Å². The minimum Gasteiger partial charge on any atom is -0.352 e. The molecule has 0 aliphatic carbocycles. The summed E-state index contributed by atoms with van der Waals surface area (Å²) in [5.74, 6) is -0.751. The van der Waals surface area contributed by atoms with Crippen LogP contribution in [0.15, 0.2) is 53.0 Å². The van der Waals surface area contributed by atoms with Crippen molar-refractivity contribution in [3.63, 3.8) is 0 Å². The standard InChI is InChI=1S/C22H24BrN3O3/c1-14(2)12-24-22(29)16-7-3-5-9-18(16)25-21(28)15-11-20(27)26(13-15)19-10-6-4-8-17(19)23/h3-10,14-15H,11-13H2,1-2H3,(H,24,29)(H,25,28). The van der Waals surface area contributed by atoms with Gasteiger partial charge in [0.2, 0.25) is 11.8 Å². The highest BCUT2D eigenvalue weighted by molar-refractivity contribution is 9.10. The van der Waals surface area contributed by atoms with Gasteiger partial charge in [-0.05, 0) is 46.1 Å². The molecule has 3 amide bonds. The first kappa shape index (κ1) is 21.0. The summed E-state index contributed by atoms with van der Waals surface area (Å²) in [6, 6.07) is 14.3. The summed E-state index contributed by atoms with van der Waals surface area (Å²) >= 11 is 3.46. The molecule has 29 heavy (non-hydrogen) atoms. The van der Waals surface area contributed by atoms with E-state index in [-0.39, 0.29) is 24.1 Å². The van der Waals surface area contributed by atoms with Crippen molar-refractivity contribution in [2.75, 3.05) is 23.3 Å². The first-order valence-corrected chi connectivity index (χ1v) is 10.4. The first-order valence-electron chi connectivity index (χ1n) is 9.59. The molecule has 0 bridgehead atoms. The largest absolute Gasteiger partial charge is 0.352 e. The number of carbonyl (C=O) groups is 3. The highest BCUT2D eigenvalue weighted by Gasteiger charge is 2.36. The van der Waals surface area contributed by atoms with Crippen LogP contribution in [0.2, 0.25) is 0 Å². The quantitative estimate of drug-likeness (QED) is 0.691. The number of nitrogens with zero attached hydrogens (tertiary/aromatic N) is 1. The van der Waals surface area contributed by atoms with Crippen molar-refractivity contribution in [1.82, 2.24) is 5.32 Å². The second kappa shape index (κ2) is 9.22. The molecule has 1 aliphatic rings. The molecule has 1 atom stereocenters. The van der Waals surface area contributed by atoms with Gasteiger partial charge in [0, 0.05) is 24.0 Å². The van der Waals surface area contributed by atoms with E-state index in [0.717, 1.165) is 10.2 Å². The number of halogens is 1. The van der Waals surface area contributed by atoms with Gasteiger partial charge in [-0.3, -0.25) is 14.4 Å². The summed E-state index contributed by atoms with van der Waals surface area (Å²) in [6.07, 6.45) is 0.134. The second-order valence-corrected chi connectivity index (χ2v) is 8.35. The number of rotatable bonds is 6. The Bertz CT molecular complexity index is 929. The molecule has 2 N–H and O–H groups in total. The molecule has 6 nitrogen and oxygen atoms in total. The predicted octanol–water partition coefficient (Wildman–Crippen LogP) is 3.83. The summed E-state index contributed by atoms with van der Waals surface area (Å²) in [5.41, 5.74) is 1.61. The Balaban J connectivity index is 1.71. The number of benzene rings is 2. The third-order valence-corrected chi connectivity index (χ3v) is 5.41. The van der Waals surface area contributed by atoms with E-state index in [1.807, 2.05) is 38.1 Å². The molecule has 1 fully saturated rings. The van der Waals surface area contributed by atoms with Gasteiger partial charge in [0.05, 0.1) is 22.9 Å². The third kappa shape index (κ3) is 5.03. The van der Waals surface area contributed by atoms with Crippen LogP contribution in [0.3, 0.4) is 0 Å². The minimum atomic E-state index is -0.485. The van der Waals surface area contributed by atoms with E-state index in [1.54, 1.807) is 29.2 Å². The van der Waals surface area contributed by atoms with Crippen LogP contribution in [-0.4, -0.2) is 30.8 Å². The maximum atomic E-state index is 12.8. The number of carbonyl (C=O) groups excluding carboxylic acids is 3. The average molecular weight is 458 g/mol. The molecule has 1 heterocycles. The summed E-state index contributed by atoms with van der Waals surface area (Å²) in [6.45, 7) is 4.89. The van der Waals surface area contributed by atoms with Crippen molar-refractivity contribution >= 4 is 45.0 Å². The fourth-order valence-corrected chi connectivity index (χ4v) is 3.70. The van der Waals surface area contributed by atoms with E-state index in [0.29, 0.717) is 30.3 Å². The van der Waals surface area contributed by atoms with Crippen LogP contribution in [0, 0.1) is 11.8 Å². The lowest BCUT2D eigenvalue weighted by atomic mass is 10.1. The van der Waals surface area contributed by atoms with Crippen molar-refractivity contribution < 1.29 is 14.4 Å². The van der Waals surface area contributed by atoms with Gasteiger partial charge in [-0.15, -0.1) is 0 Å². The summed E-state index contributed by atoms with van der Waals surface area (Å²) in [4.78, 5) is 39.4.